The number of hydroxylamine groups is 1. The summed E-state index contributed by atoms with van der Waals surface area (Å²) in [4.78, 5) is 24.2. The molecular weight excluding hydrogens is 442 g/mol. The summed E-state index contributed by atoms with van der Waals surface area (Å²) in [5, 5.41) is 12.3. The predicted octanol–water partition coefficient (Wildman–Crippen LogP) is 2.70. The fourth-order valence-corrected chi connectivity index (χ4v) is 2.73. The van der Waals surface area contributed by atoms with Crippen LogP contribution in [0.1, 0.15) is 10.5 Å². The number of hydrogen-bond acceptors (Lipinski definition) is 5. The first-order chi connectivity index (χ1) is 12.1. The van der Waals surface area contributed by atoms with Crippen molar-refractivity contribution in [1.29, 1.82) is 0 Å². The van der Waals surface area contributed by atoms with E-state index in [-0.39, 0.29) is 24.6 Å². The number of aromatic amines is 1. The average Bonchev–Trinajstić information content (AvgIpc) is 2.96. The molecule has 1 aromatic carbocycles. The standard InChI is InChI=1S/C16H14FIN4O3/c17-11-7-9(18)1-2-13(11)21-14-10-8-19-4-3-12(10)20-15(14)16(24)22-25-6-5-23/h1-4,7-8,20-21,23H,5-6H2,(H,22,24). The zero-order valence-electron chi connectivity index (χ0n) is 12.8. The van der Waals surface area contributed by atoms with Crippen molar-refractivity contribution >= 4 is 50.8 Å². The molecule has 0 aliphatic heterocycles. The fraction of sp³-hybridized carbons (Fsp3) is 0.125. The number of pyridine rings is 1. The Labute approximate surface area is 155 Å². The SMILES string of the molecule is O=C(NOCCO)c1[nH]c2ccncc2c1Nc1ccc(I)cc1F. The summed E-state index contributed by atoms with van der Waals surface area (Å²) < 4.78 is 14.9. The van der Waals surface area contributed by atoms with Crippen LogP contribution in [0.15, 0.2) is 36.7 Å². The Morgan fingerprint density at radius 3 is 3.00 bits per heavy atom. The molecule has 0 saturated carbocycles. The maximum Gasteiger partial charge on any atom is 0.293 e. The van der Waals surface area contributed by atoms with Crippen LogP contribution in [0.2, 0.25) is 0 Å². The van der Waals surface area contributed by atoms with E-state index in [0.29, 0.717) is 16.6 Å². The van der Waals surface area contributed by atoms with Gasteiger partial charge < -0.3 is 15.4 Å². The number of benzene rings is 1. The molecule has 4 N–H and O–H groups in total. The summed E-state index contributed by atoms with van der Waals surface area (Å²) in [5.74, 6) is -0.994. The Kier molecular flexibility index (Phi) is 5.46. The van der Waals surface area contributed by atoms with Gasteiger partial charge in [-0.05, 0) is 46.9 Å². The minimum absolute atomic E-state index is 0.0396. The number of aromatic nitrogens is 2. The maximum atomic E-state index is 14.2. The smallest absolute Gasteiger partial charge is 0.293 e. The topological polar surface area (TPSA) is 99.3 Å². The van der Waals surface area contributed by atoms with Crippen molar-refractivity contribution in [1.82, 2.24) is 15.4 Å². The van der Waals surface area contributed by atoms with Gasteiger partial charge in [0.15, 0.2) is 0 Å². The van der Waals surface area contributed by atoms with Crippen LogP contribution in [0, 0.1) is 9.39 Å². The molecule has 0 bridgehead atoms. The number of aliphatic hydroxyl groups is 1. The van der Waals surface area contributed by atoms with Crippen molar-refractivity contribution < 1.29 is 19.1 Å². The van der Waals surface area contributed by atoms with Crippen LogP contribution < -0.4 is 10.8 Å². The van der Waals surface area contributed by atoms with E-state index in [4.69, 9.17) is 9.94 Å². The van der Waals surface area contributed by atoms with Crippen molar-refractivity contribution in [2.45, 2.75) is 0 Å². The number of halogens is 2. The van der Waals surface area contributed by atoms with Gasteiger partial charge >= 0.3 is 0 Å². The lowest BCUT2D eigenvalue weighted by atomic mass is 10.2. The molecule has 9 heteroatoms. The second-order valence-corrected chi connectivity index (χ2v) is 6.29. The summed E-state index contributed by atoms with van der Waals surface area (Å²) >= 11 is 2.02. The van der Waals surface area contributed by atoms with E-state index in [1.165, 1.54) is 6.07 Å². The third-order valence-corrected chi connectivity index (χ3v) is 4.05. The normalized spacial score (nSPS) is 10.8. The number of carbonyl (C=O) groups is 1. The van der Waals surface area contributed by atoms with Crippen LogP contribution in [0.5, 0.6) is 0 Å². The molecular formula is C16H14FIN4O3. The summed E-state index contributed by atoms with van der Waals surface area (Å²) in [6.45, 7) is -0.266. The molecule has 1 amide bonds. The maximum absolute atomic E-state index is 14.2. The Bertz CT molecular complexity index is 916. The number of H-pyrrole nitrogens is 1. The molecule has 0 spiro atoms. The number of amides is 1. The van der Waals surface area contributed by atoms with Gasteiger partial charge in [0.2, 0.25) is 0 Å². The van der Waals surface area contributed by atoms with E-state index in [1.807, 2.05) is 22.6 Å². The quantitative estimate of drug-likeness (QED) is 0.260. The van der Waals surface area contributed by atoms with Gasteiger partial charge in [0.05, 0.1) is 30.1 Å². The highest BCUT2D eigenvalue weighted by atomic mass is 127. The number of carbonyl (C=O) groups excluding carboxylic acids is 1. The van der Waals surface area contributed by atoms with Gasteiger partial charge in [-0.2, -0.15) is 0 Å². The molecule has 0 saturated heterocycles. The molecule has 0 fully saturated rings. The van der Waals surface area contributed by atoms with E-state index in [9.17, 15) is 9.18 Å². The van der Waals surface area contributed by atoms with Gasteiger partial charge in [0.1, 0.15) is 11.5 Å². The third kappa shape index (κ3) is 3.89. The van der Waals surface area contributed by atoms with E-state index in [2.05, 4.69) is 20.8 Å². The molecule has 0 aliphatic rings. The van der Waals surface area contributed by atoms with E-state index in [1.54, 1.807) is 30.6 Å². The molecule has 0 aliphatic carbocycles. The number of nitrogens with one attached hydrogen (secondary N) is 3. The molecule has 0 radical (unpaired) electrons. The van der Waals surface area contributed by atoms with Crippen LogP contribution in [0.25, 0.3) is 10.9 Å². The largest absolute Gasteiger partial charge is 0.394 e. The highest BCUT2D eigenvalue weighted by Crippen LogP contribution is 2.31. The first-order valence-corrected chi connectivity index (χ1v) is 8.38. The molecule has 7 nitrogen and oxygen atoms in total. The van der Waals surface area contributed by atoms with Crippen molar-refractivity contribution in [2.24, 2.45) is 0 Å². The number of rotatable bonds is 6. The fourth-order valence-electron chi connectivity index (χ4n) is 2.27. The minimum atomic E-state index is -0.557. The van der Waals surface area contributed by atoms with Gasteiger partial charge in [0.25, 0.3) is 5.91 Å². The number of hydrogen-bond donors (Lipinski definition) is 4. The highest BCUT2D eigenvalue weighted by Gasteiger charge is 2.19. The highest BCUT2D eigenvalue weighted by molar-refractivity contribution is 14.1. The lowest BCUT2D eigenvalue weighted by Crippen LogP contribution is -2.26. The summed E-state index contributed by atoms with van der Waals surface area (Å²) in [7, 11) is 0. The van der Waals surface area contributed by atoms with E-state index in [0.717, 1.165) is 3.57 Å². The van der Waals surface area contributed by atoms with Crippen molar-refractivity contribution in [3.63, 3.8) is 0 Å². The van der Waals surface area contributed by atoms with Gasteiger partial charge in [-0.3, -0.25) is 14.6 Å². The van der Waals surface area contributed by atoms with Gasteiger partial charge in [-0.25, -0.2) is 9.87 Å². The Balaban J connectivity index is 1.99. The van der Waals surface area contributed by atoms with Crippen LogP contribution in [0.4, 0.5) is 15.8 Å². The number of fused-ring (bicyclic) bond motifs is 1. The summed E-state index contributed by atoms with van der Waals surface area (Å²) in [5.41, 5.74) is 3.67. The number of anilines is 2. The Hall–Kier alpha value is -2.24. The van der Waals surface area contributed by atoms with E-state index >= 15 is 0 Å². The van der Waals surface area contributed by atoms with Crippen LogP contribution in [-0.4, -0.2) is 34.2 Å². The second-order valence-electron chi connectivity index (χ2n) is 5.05. The van der Waals surface area contributed by atoms with Gasteiger partial charge in [-0.1, -0.05) is 0 Å². The number of nitrogens with zero attached hydrogens (tertiary/aromatic N) is 1. The Morgan fingerprint density at radius 2 is 2.24 bits per heavy atom. The minimum Gasteiger partial charge on any atom is -0.394 e. The van der Waals surface area contributed by atoms with E-state index < -0.39 is 11.7 Å². The lowest BCUT2D eigenvalue weighted by molar-refractivity contribution is 0.0166. The molecule has 3 aromatic rings. The average molecular weight is 456 g/mol. The second kappa shape index (κ2) is 7.76. The van der Waals surface area contributed by atoms with Gasteiger partial charge in [-0.15, -0.1) is 0 Å². The molecule has 25 heavy (non-hydrogen) atoms. The summed E-state index contributed by atoms with van der Waals surface area (Å²) in [6, 6.07) is 6.44. The zero-order chi connectivity index (χ0) is 17.8. The molecule has 0 atom stereocenters. The van der Waals surface area contributed by atoms with Crippen LogP contribution in [-0.2, 0) is 4.84 Å². The number of aliphatic hydroxyl groups excluding tert-OH is 1. The zero-order valence-corrected chi connectivity index (χ0v) is 15.0. The van der Waals surface area contributed by atoms with Crippen molar-refractivity contribution in [3.8, 4) is 0 Å². The molecule has 2 heterocycles. The van der Waals surface area contributed by atoms with Gasteiger partial charge in [0, 0.05) is 21.4 Å². The predicted molar refractivity (Wildman–Crippen MR) is 99.0 cm³/mol. The lowest BCUT2D eigenvalue weighted by Gasteiger charge is -2.10. The first-order valence-electron chi connectivity index (χ1n) is 7.31. The molecule has 130 valence electrons. The van der Waals surface area contributed by atoms with Crippen LogP contribution in [0.3, 0.4) is 0 Å². The molecule has 2 aromatic heterocycles. The van der Waals surface area contributed by atoms with Crippen LogP contribution >= 0.6 is 22.6 Å². The first kappa shape index (κ1) is 17.6. The molecule has 0 unspecified atom stereocenters. The van der Waals surface area contributed by atoms with Crippen molar-refractivity contribution in [2.75, 3.05) is 18.5 Å². The monoisotopic (exact) mass is 456 g/mol. The summed E-state index contributed by atoms with van der Waals surface area (Å²) in [6.07, 6.45) is 3.15. The Morgan fingerprint density at radius 1 is 1.40 bits per heavy atom. The third-order valence-electron chi connectivity index (χ3n) is 3.38. The molecule has 3 rings (SSSR count). The van der Waals surface area contributed by atoms with Crippen molar-refractivity contribution in [3.05, 3.63) is 51.7 Å².